The summed E-state index contributed by atoms with van der Waals surface area (Å²) in [6, 6.07) is 10.2. The first-order chi connectivity index (χ1) is 12.3. The van der Waals surface area contributed by atoms with Gasteiger partial charge >= 0.3 is 0 Å². The van der Waals surface area contributed by atoms with Crippen LogP contribution in [0.5, 0.6) is 0 Å². The summed E-state index contributed by atoms with van der Waals surface area (Å²) in [5.74, 6) is 1.62. The molecule has 0 radical (unpaired) electrons. The summed E-state index contributed by atoms with van der Waals surface area (Å²) in [6.45, 7) is 10.4. The van der Waals surface area contributed by atoms with Crippen LogP contribution < -0.4 is 5.32 Å². The van der Waals surface area contributed by atoms with Crippen LogP contribution in [0.25, 0.3) is 0 Å². The molecule has 0 aliphatic carbocycles. The number of carbonyl (C=O) groups is 1. The smallest absolute Gasteiger partial charge is 0.227 e. The Morgan fingerprint density at radius 1 is 1.15 bits per heavy atom. The topological polar surface area (TPSA) is 68.0 Å². The zero-order valence-electron chi connectivity index (χ0n) is 16.6. The maximum absolute atomic E-state index is 12.5. The second-order valence-corrected chi connectivity index (χ2v) is 7.79. The fourth-order valence-electron chi connectivity index (χ4n) is 3.02. The number of carbonyl (C=O) groups excluding carboxylic acids is 1. The molecule has 142 valence electrons. The summed E-state index contributed by atoms with van der Waals surface area (Å²) in [5.41, 5.74) is 1.00. The van der Waals surface area contributed by atoms with Gasteiger partial charge in [0.1, 0.15) is 0 Å². The Kier molecular flexibility index (Phi) is 6.95. The monoisotopic (exact) mass is 357 g/mol. The van der Waals surface area contributed by atoms with E-state index in [1.54, 1.807) is 0 Å². The van der Waals surface area contributed by atoms with E-state index in [1.807, 2.05) is 39.0 Å². The molecule has 1 aromatic heterocycles. The largest absolute Gasteiger partial charge is 0.349 e. The van der Waals surface area contributed by atoms with E-state index in [4.69, 9.17) is 4.52 Å². The third-order valence-electron chi connectivity index (χ3n) is 4.70. The number of hydrogen-bond donors (Lipinski definition) is 1. The normalized spacial score (nSPS) is 13.0. The number of amides is 1. The van der Waals surface area contributed by atoms with Crippen molar-refractivity contribution < 1.29 is 9.32 Å². The van der Waals surface area contributed by atoms with Crippen LogP contribution in [0.15, 0.2) is 34.9 Å². The summed E-state index contributed by atoms with van der Waals surface area (Å²) in [5, 5.41) is 7.22. The quantitative estimate of drug-likeness (QED) is 0.750. The molecule has 0 spiro atoms. The molecule has 0 bridgehead atoms. The molecule has 5 nitrogen and oxygen atoms in total. The van der Waals surface area contributed by atoms with Crippen molar-refractivity contribution in [3.05, 3.63) is 47.6 Å². The molecule has 1 atom stereocenters. The second kappa shape index (κ2) is 8.97. The molecular weight excluding hydrogens is 326 g/mol. The molecule has 0 fully saturated rings. The molecule has 0 saturated carbocycles. The van der Waals surface area contributed by atoms with Gasteiger partial charge in [-0.05, 0) is 11.5 Å². The zero-order chi connectivity index (χ0) is 19.2. The summed E-state index contributed by atoms with van der Waals surface area (Å²) < 4.78 is 5.28. The standard InChI is InChI=1S/C21H31N3O2/c1-6-15(7-2)19(16-11-9-8-10-12-16)22-17(25)13-14-18-23-20(24-26-18)21(3,4)5/h8-12,15,19H,6-7,13-14H2,1-5H3,(H,22,25). The molecule has 0 aliphatic rings. The van der Waals surface area contributed by atoms with Crippen LogP contribution in [-0.4, -0.2) is 16.0 Å². The molecule has 2 rings (SSSR count). The average Bonchev–Trinajstić information content (AvgIpc) is 3.10. The Labute approximate surface area is 156 Å². The van der Waals surface area contributed by atoms with Crippen LogP contribution in [0.1, 0.15) is 77.2 Å². The van der Waals surface area contributed by atoms with Crippen molar-refractivity contribution in [3.63, 3.8) is 0 Å². The average molecular weight is 357 g/mol. The fraction of sp³-hybridized carbons (Fsp3) is 0.571. The molecule has 0 aliphatic heterocycles. The molecule has 1 amide bonds. The Morgan fingerprint density at radius 3 is 2.35 bits per heavy atom. The van der Waals surface area contributed by atoms with Gasteiger partial charge in [-0.25, -0.2) is 0 Å². The van der Waals surface area contributed by atoms with Gasteiger partial charge < -0.3 is 9.84 Å². The van der Waals surface area contributed by atoms with Crippen LogP contribution in [0.3, 0.4) is 0 Å². The number of hydrogen-bond acceptors (Lipinski definition) is 4. The summed E-state index contributed by atoms with van der Waals surface area (Å²) >= 11 is 0. The number of rotatable bonds is 8. The molecular formula is C21H31N3O2. The van der Waals surface area contributed by atoms with Gasteiger partial charge in [-0.3, -0.25) is 4.79 Å². The van der Waals surface area contributed by atoms with Gasteiger partial charge in [0.05, 0.1) is 6.04 Å². The minimum absolute atomic E-state index is 0.0151. The predicted octanol–water partition coefficient (Wildman–Crippen LogP) is 4.59. The lowest BCUT2D eigenvalue weighted by Crippen LogP contribution is -2.33. The Morgan fingerprint density at radius 2 is 1.81 bits per heavy atom. The van der Waals surface area contributed by atoms with E-state index in [0.717, 1.165) is 18.4 Å². The maximum Gasteiger partial charge on any atom is 0.227 e. The second-order valence-electron chi connectivity index (χ2n) is 7.79. The highest BCUT2D eigenvalue weighted by Gasteiger charge is 2.24. The van der Waals surface area contributed by atoms with Crippen LogP contribution >= 0.6 is 0 Å². The van der Waals surface area contributed by atoms with Crippen molar-refractivity contribution >= 4 is 5.91 Å². The van der Waals surface area contributed by atoms with E-state index in [0.29, 0.717) is 30.5 Å². The van der Waals surface area contributed by atoms with Crippen molar-refractivity contribution in [3.8, 4) is 0 Å². The molecule has 1 N–H and O–H groups in total. The predicted molar refractivity (Wildman–Crippen MR) is 103 cm³/mol. The van der Waals surface area contributed by atoms with Crippen molar-refractivity contribution in [1.82, 2.24) is 15.5 Å². The number of nitrogens with zero attached hydrogens (tertiary/aromatic N) is 2. The third-order valence-corrected chi connectivity index (χ3v) is 4.70. The van der Waals surface area contributed by atoms with E-state index >= 15 is 0 Å². The molecule has 1 unspecified atom stereocenters. The van der Waals surface area contributed by atoms with Gasteiger partial charge in [0.15, 0.2) is 5.82 Å². The van der Waals surface area contributed by atoms with Gasteiger partial charge in [0.2, 0.25) is 11.8 Å². The number of aryl methyl sites for hydroxylation is 1. The third kappa shape index (κ3) is 5.41. The summed E-state index contributed by atoms with van der Waals surface area (Å²) in [6.07, 6.45) is 2.85. The van der Waals surface area contributed by atoms with Crippen molar-refractivity contribution in [2.24, 2.45) is 5.92 Å². The van der Waals surface area contributed by atoms with Gasteiger partial charge in [-0.15, -0.1) is 0 Å². The van der Waals surface area contributed by atoms with Crippen LogP contribution in [0.2, 0.25) is 0 Å². The first kappa shape index (κ1) is 20.1. The van der Waals surface area contributed by atoms with E-state index in [9.17, 15) is 4.79 Å². The van der Waals surface area contributed by atoms with Crippen molar-refractivity contribution in [1.29, 1.82) is 0 Å². The van der Waals surface area contributed by atoms with Crippen molar-refractivity contribution in [2.75, 3.05) is 0 Å². The lowest BCUT2D eigenvalue weighted by atomic mass is 9.88. The maximum atomic E-state index is 12.5. The number of nitrogens with one attached hydrogen (secondary N) is 1. The summed E-state index contributed by atoms with van der Waals surface area (Å²) in [7, 11) is 0. The zero-order valence-corrected chi connectivity index (χ0v) is 16.6. The lowest BCUT2D eigenvalue weighted by Gasteiger charge is -2.27. The van der Waals surface area contributed by atoms with Crippen LogP contribution in [-0.2, 0) is 16.6 Å². The minimum atomic E-state index is -0.155. The molecule has 1 aromatic carbocycles. The SMILES string of the molecule is CCC(CC)C(NC(=O)CCc1nc(C(C)(C)C)no1)c1ccccc1. The van der Waals surface area contributed by atoms with Crippen LogP contribution in [0, 0.1) is 5.92 Å². The van der Waals surface area contributed by atoms with Gasteiger partial charge in [-0.2, -0.15) is 4.98 Å². The van der Waals surface area contributed by atoms with Crippen molar-refractivity contribution in [2.45, 2.75) is 71.8 Å². The Hall–Kier alpha value is -2.17. The lowest BCUT2D eigenvalue weighted by molar-refractivity contribution is -0.122. The van der Waals surface area contributed by atoms with Gasteiger partial charge in [0.25, 0.3) is 0 Å². The van der Waals surface area contributed by atoms with E-state index in [2.05, 4.69) is 41.4 Å². The minimum Gasteiger partial charge on any atom is -0.349 e. The highest BCUT2D eigenvalue weighted by atomic mass is 16.5. The molecule has 2 aromatic rings. The van der Waals surface area contributed by atoms with Gasteiger partial charge in [0, 0.05) is 18.3 Å². The first-order valence-corrected chi connectivity index (χ1v) is 9.52. The van der Waals surface area contributed by atoms with E-state index in [-0.39, 0.29) is 17.4 Å². The summed E-state index contributed by atoms with van der Waals surface area (Å²) in [4.78, 5) is 16.9. The highest BCUT2D eigenvalue weighted by Crippen LogP contribution is 2.27. The molecule has 5 heteroatoms. The Balaban J connectivity index is 2.00. The Bertz CT molecular complexity index is 685. The molecule has 1 heterocycles. The first-order valence-electron chi connectivity index (χ1n) is 9.52. The molecule has 26 heavy (non-hydrogen) atoms. The molecule has 0 saturated heterocycles. The fourth-order valence-corrected chi connectivity index (χ4v) is 3.02. The van der Waals surface area contributed by atoms with E-state index in [1.165, 1.54) is 0 Å². The van der Waals surface area contributed by atoms with E-state index < -0.39 is 0 Å². The highest BCUT2D eigenvalue weighted by molar-refractivity contribution is 5.76. The van der Waals surface area contributed by atoms with Gasteiger partial charge in [-0.1, -0.05) is 82.9 Å². The number of benzene rings is 1. The number of aromatic nitrogens is 2. The van der Waals surface area contributed by atoms with Crippen LogP contribution in [0.4, 0.5) is 0 Å².